The van der Waals surface area contributed by atoms with E-state index >= 15 is 0 Å². The Kier molecular flexibility index (Phi) is 4.15. The lowest BCUT2D eigenvalue weighted by Gasteiger charge is -2.38. The van der Waals surface area contributed by atoms with Crippen LogP contribution in [0.5, 0.6) is 0 Å². The smallest absolute Gasteiger partial charge is 0.337 e. The van der Waals surface area contributed by atoms with Crippen molar-refractivity contribution in [2.24, 2.45) is 16.7 Å². The van der Waals surface area contributed by atoms with Gasteiger partial charge in [-0.05, 0) is 41.9 Å². The lowest BCUT2D eigenvalue weighted by Crippen LogP contribution is -2.52. The zero-order valence-corrected chi connectivity index (χ0v) is 18.8. The molecule has 2 aliphatic heterocycles. The molecule has 2 aromatic rings. The second kappa shape index (κ2) is 6.65. The van der Waals surface area contributed by atoms with E-state index in [9.17, 15) is 9.59 Å². The number of urea groups is 1. The van der Waals surface area contributed by atoms with E-state index < -0.39 is 6.35 Å². The van der Waals surface area contributed by atoms with Gasteiger partial charge >= 0.3 is 6.03 Å². The van der Waals surface area contributed by atoms with Gasteiger partial charge < -0.3 is 4.74 Å². The van der Waals surface area contributed by atoms with Crippen molar-refractivity contribution in [3.63, 3.8) is 0 Å². The van der Waals surface area contributed by atoms with Gasteiger partial charge in [0.15, 0.2) is 0 Å². The molecule has 2 bridgehead atoms. The summed E-state index contributed by atoms with van der Waals surface area (Å²) in [5.74, 6) is 0.165. The van der Waals surface area contributed by atoms with Gasteiger partial charge in [-0.25, -0.2) is 4.79 Å². The number of fused-ring (bicyclic) bond motifs is 7. The minimum atomic E-state index is -0.587. The average Bonchev–Trinajstić information content (AvgIpc) is 3.40. The summed E-state index contributed by atoms with van der Waals surface area (Å²) in [5, 5.41) is 3.36. The second-order valence-corrected chi connectivity index (χ2v) is 10.4. The molecule has 0 radical (unpaired) electrons. The van der Waals surface area contributed by atoms with Gasteiger partial charge in [-0.3, -0.25) is 9.69 Å². The fourth-order valence-corrected chi connectivity index (χ4v) is 6.76. The molecule has 0 N–H and O–H groups in total. The molecule has 4 fully saturated rings. The van der Waals surface area contributed by atoms with E-state index in [1.165, 1.54) is 5.01 Å². The van der Waals surface area contributed by atoms with Gasteiger partial charge in [0.2, 0.25) is 12.3 Å². The van der Waals surface area contributed by atoms with Crippen LogP contribution in [0.2, 0.25) is 0 Å². The molecule has 6 heteroatoms. The zero-order valence-electron chi connectivity index (χ0n) is 18.8. The molecule has 2 aromatic carbocycles. The highest BCUT2D eigenvalue weighted by molar-refractivity contribution is 6.04. The summed E-state index contributed by atoms with van der Waals surface area (Å²) in [7, 11) is 0. The SMILES string of the molecule is CC1(C)[C@@H]2CC[C@@]1(C)C1O[C@H]3N(c4ccccc4)C(=O)N(C(=O)Cc4ccccc4)N3C12. The highest BCUT2D eigenvalue weighted by atomic mass is 16.6. The maximum Gasteiger partial charge on any atom is 0.349 e. The normalized spacial score (nSPS) is 34.8. The van der Waals surface area contributed by atoms with Crippen molar-refractivity contribution in [1.82, 2.24) is 10.0 Å². The molecule has 6 rings (SSSR count). The Bertz CT molecular complexity index is 1070. The number of carbonyl (C=O) groups excluding carboxylic acids is 2. The number of ether oxygens (including phenoxy) is 1. The molecule has 2 saturated heterocycles. The maximum atomic E-state index is 13.7. The summed E-state index contributed by atoms with van der Waals surface area (Å²) in [6.45, 7) is 6.97. The summed E-state index contributed by atoms with van der Waals surface area (Å²) in [5.41, 5.74) is 1.76. The van der Waals surface area contributed by atoms with Gasteiger partial charge in [-0.2, -0.15) is 10.0 Å². The van der Waals surface area contributed by atoms with Crippen molar-refractivity contribution in [2.75, 3.05) is 4.90 Å². The van der Waals surface area contributed by atoms with Crippen molar-refractivity contribution in [1.29, 1.82) is 0 Å². The molecule has 166 valence electrons. The number of imide groups is 1. The number of hydrazine groups is 1. The minimum Gasteiger partial charge on any atom is -0.337 e. The number of para-hydroxylation sites is 1. The van der Waals surface area contributed by atoms with Crippen LogP contribution in [0.4, 0.5) is 10.5 Å². The Morgan fingerprint density at radius 2 is 1.69 bits per heavy atom. The number of amides is 3. The Balaban J connectivity index is 1.42. The van der Waals surface area contributed by atoms with Crippen LogP contribution in [0.1, 0.15) is 39.2 Å². The van der Waals surface area contributed by atoms with E-state index in [-0.39, 0.29) is 41.3 Å². The van der Waals surface area contributed by atoms with Crippen LogP contribution in [0.25, 0.3) is 0 Å². The first-order chi connectivity index (χ1) is 15.3. The van der Waals surface area contributed by atoms with E-state index in [0.29, 0.717) is 5.92 Å². The number of rotatable bonds is 3. The molecule has 2 unspecified atom stereocenters. The molecule has 5 atom stereocenters. The summed E-state index contributed by atoms with van der Waals surface area (Å²) < 4.78 is 6.69. The fraction of sp³-hybridized carbons (Fsp3) is 0.462. The van der Waals surface area contributed by atoms with E-state index in [1.807, 2.05) is 65.7 Å². The summed E-state index contributed by atoms with van der Waals surface area (Å²) in [6, 6.07) is 18.9. The van der Waals surface area contributed by atoms with Crippen molar-refractivity contribution < 1.29 is 14.3 Å². The van der Waals surface area contributed by atoms with Gasteiger partial charge in [0.1, 0.15) is 0 Å². The van der Waals surface area contributed by atoms with Gasteiger partial charge in [-0.1, -0.05) is 69.3 Å². The highest BCUT2D eigenvalue weighted by Crippen LogP contribution is 2.69. The third-order valence-corrected chi connectivity index (χ3v) is 8.83. The quantitative estimate of drug-likeness (QED) is 0.722. The third kappa shape index (κ3) is 2.42. The zero-order chi connectivity index (χ0) is 22.3. The molecule has 6 nitrogen and oxygen atoms in total. The molecular formula is C26H29N3O3. The van der Waals surface area contributed by atoms with Crippen LogP contribution in [-0.4, -0.2) is 40.5 Å². The van der Waals surface area contributed by atoms with Crippen LogP contribution in [0.15, 0.2) is 60.7 Å². The number of hydrogen-bond acceptors (Lipinski definition) is 4. The number of hydrogen-bond donors (Lipinski definition) is 0. The predicted molar refractivity (Wildman–Crippen MR) is 120 cm³/mol. The Hall–Kier alpha value is -2.70. The molecule has 0 aromatic heterocycles. The molecule has 32 heavy (non-hydrogen) atoms. The van der Waals surface area contributed by atoms with Crippen molar-refractivity contribution >= 4 is 17.6 Å². The third-order valence-electron chi connectivity index (χ3n) is 8.83. The van der Waals surface area contributed by atoms with Gasteiger partial charge in [-0.15, -0.1) is 0 Å². The summed E-state index contributed by atoms with van der Waals surface area (Å²) in [4.78, 5) is 28.9. The van der Waals surface area contributed by atoms with Gasteiger partial charge in [0.25, 0.3) is 0 Å². The number of nitrogens with zero attached hydrogens (tertiary/aromatic N) is 3. The Morgan fingerprint density at radius 3 is 2.38 bits per heavy atom. The first kappa shape index (κ1) is 19.9. The van der Waals surface area contributed by atoms with Crippen molar-refractivity contribution in [3.05, 3.63) is 66.2 Å². The van der Waals surface area contributed by atoms with Gasteiger partial charge in [0.05, 0.1) is 18.6 Å². The highest BCUT2D eigenvalue weighted by Gasteiger charge is 2.75. The van der Waals surface area contributed by atoms with Crippen LogP contribution in [0, 0.1) is 16.7 Å². The van der Waals surface area contributed by atoms with E-state index in [0.717, 1.165) is 24.1 Å². The average molecular weight is 432 g/mol. The topological polar surface area (TPSA) is 53.1 Å². The fourth-order valence-electron chi connectivity index (χ4n) is 6.76. The second-order valence-electron chi connectivity index (χ2n) is 10.4. The summed E-state index contributed by atoms with van der Waals surface area (Å²) >= 11 is 0. The first-order valence-corrected chi connectivity index (χ1v) is 11.5. The summed E-state index contributed by atoms with van der Waals surface area (Å²) in [6.07, 6.45) is 1.80. The molecule has 0 spiro atoms. The number of anilines is 1. The van der Waals surface area contributed by atoms with Crippen LogP contribution < -0.4 is 4.90 Å². The Morgan fingerprint density at radius 1 is 1.03 bits per heavy atom. The molecular weight excluding hydrogens is 402 g/mol. The van der Waals surface area contributed by atoms with Crippen molar-refractivity contribution in [2.45, 2.75) is 58.5 Å². The van der Waals surface area contributed by atoms with Crippen molar-refractivity contribution in [3.8, 4) is 0 Å². The predicted octanol–water partition coefficient (Wildman–Crippen LogP) is 4.42. The molecule has 2 heterocycles. The minimum absolute atomic E-state index is 0.00686. The standard InChI is InChI=1S/C26H29N3O3/c1-25(2)19-14-15-26(25,3)22-21(19)29-24(32-22)27(18-12-8-5-9-13-18)23(31)28(29)20(30)16-17-10-6-4-7-11-17/h4-13,19,21-22,24H,14-16H2,1-3H3/t19-,21?,22?,24+,26+/m1/s1. The monoisotopic (exact) mass is 431 g/mol. The molecule has 3 amide bonds. The number of carbonyl (C=O) groups is 2. The van der Waals surface area contributed by atoms with Crippen LogP contribution >= 0.6 is 0 Å². The van der Waals surface area contributed by atoms with E-state index in [2.05, 4.69) is 20.8 Å². The first-order valence-electron chi connectivity index (χ1n) is 11.5. The number of benzene rings is 2. The van der Waals surface area contributed by atoms with Crippen LogP contribution in [-0.2, 0) is 16.0 Å². The van der Waals surface area contributed by atoms with Gasteiger partial charge in [0, 0.05) is 11.1 Å². The Labute approximate surface area is 188 Å². The largest absolute Gasteiger partial charge is 0.349 e. The lowest BCUT2D eigenvalue weighted by molar-refractivity contribution is -0.147. The maximum absolute atomic E-state index is 13.7. The van der Waals surface area contributed by atoms with Crippen LogP contribution in [0.3, 0.4) is 0 Å². The molecule has 4 aliphatic rings. The molecule has 2 saturated carbocycles. The van der Waals surface area contributed by atoms with E-state index in [4.69, 9.17) is 4.74 Å². The lowest BCUT2D eigenvalue weighted by atomic mass is 9.70. The molecule has 2 aliphatic carbocycles. The van der Waals surface area contributed by atoms with E-state index in [1.54, 1.807) is 4.90 Å².